The lowest BCUT2D eigenvalue weighted by atomic mass is 9.74. The van der Waals surface area contributed by atoms with Gasteiger partial charge in [-0.25, -0.2) is 0 Å². The molecular formula is C16H18N2O3. The first kappa shape index (κ1) is 13.9. The van der Waals surface area contributed by atoms with Gasteiger partial charge < -0.3 is 14.7 Å². The average Bonchev–Trinajstić information content (AvgIpc) is 2.85. The number of carbonyl (C=O) groups is 1. The lowest BCUT2D eigenvalue weighted by molar-refractivity contribution is -0.155. The minimum Gasteiger partial charge on any atom is -0.483 e. The maximum absolute atomic E-state index is 12.2. The molecule has 2 unspecified atom stereocenters. The van der Waals surface area contributed by atoms with Crippen molar-refractivity contribution < 1.29 is 14.6 Å². The van der Waals surface area contributed by atoms with Crippen molar-refractivity contribution in [2.45, 2.75) is 43.9 Å². The van der Waals surface area contributed by atoms with Crippen LogP contribution in [-0.2, 0) is 4.79 Å². The summed E-state index contributed by atoms with van der Waals surface area (Å²) in [6, 6.07) is 8.58. The van der Waals surface area contributed by atoms with Gasteiger partial charge in [-0.05, 0) is 26.3 Å². The molecule has 2 heterocycles. The molecule has 21 heavy (non-hydrogen) atoms. The molecule has 0 saturated carbocycles. The highest BCUT2D eigenvalue weighted by molar-refractivity contribution is 5.79. The van der Waals surface area contributed by atoms with Crippen LogP contribution in [0.4, 0.5) is 0 Å². The first-order chi connectivity index (χ1) is 9.90. The number of rotatable bonds is 1. The molecule has 3 rings (SSSR count). The van der Waals surface area contributed by atoms with Gasteiger partial charge in [0.2, 0.25) is 11.5 Å². The summed E-state index contributed by atoms with van der Waals surface area (Å²) in [7, 11) is 0. The van der Waals surface area contributed by atoms with Crippen molar-refractivity contribution in [2.24, 2.45) is 0 Å². The summed E-state index contributed by atoms with van der Waals surface area (Å²) < 4.78 is 5.84. The summed E-state index contributed by atoms with van der Waals surface area (Å²) in [6.07, 6.45) is 1.21. The number of aliphatic hydroxyl groups is 1. The van der Waals surface area contributed by atoms with Gasteiger partial charge in [0.25, 0.3) is 0 Å². The average molecular weight is 286 g/mol. The Hall–Kier alpha value is -2.06. The van der Waals surface area contributed by atoms with Crippen molar-refractivity contribution in [3.8, 4) is 11.8 Å². The first-order valence-corrected chi connectivity index (χ1v) is 7.12. The van der Waals surface area contributed by atoms with Gasteiger partial charge in [0, 0.05) is 18.5 Å². The fourth-order valence-corrected chi connectivity index (χ4v) is 3.24. The lowest BCUT2D eigenvalue weighted by Crippen LogP contribution is -2.63. The monoisotopic (exact) mass is 286 g/mol. The van der Waals surface area contributed by atoms with Crippen LogP contribution in [0.3, 0.4) is 0 Å². The zero-order valence-electron chi connectivity index (χ0n) is 12.2. The van der Waals surface area contributed by atoms with E-state index in [0.717, 1.165) is 6.42 Å². The number of benzene rings is 1. The molecule has 1 amide bonds. The van der Waals surface area contributed by atoms with Crippen LogP contribution >= 0.6 is 0 Å². The number of fused-ring (bicyclic) bond motifs is 1. The molecule has 1 aromatic rings. The quantitative estimate of drug-likeness (QED) is 0.799. The van der Waals surface area contributed by atoms with E-state index in [1.54, 1.807) is 18.7 Å². The van der Waals surface area contributed by atoms with E-state index in [1.165, 1.54) is 0 Å². The van der Waals surface area contributed by atoms with E-state index in [-0.39, 0.29) is 5.91 Å². The Balaban J connectivity index is 2.21. The molecule has 2 aliphatic rings. The first-order valence-electron chi connectivity index (χ1n) is 7.12. The van der Waals surface area contributed by atoms with E-state index >= 15 is 0 Å². The van der Waals surface area contributed by atoms with Crippen LogP contribution in [0.2, 0.25) is 0 Å². The molecule has 0 radical (unpaired) electrons. The van der Waals surface area contributed by atoms with E-state index in [9.17, 15) is 15.2 Å². The van der Waals surface area contributed by atoms with Crippen LogP contribution in [0.15, 0.2) is 24.3 Å². The second-order valence-electron chi connectivity index (χ2n) is 6.12. The van der Waals surface area contributed by atoms with Crippen molar-refractivity contribution in [3.63, 3.8) is 0 Å². The third-order valence-electron chi connectivity index (χ3n) is 4.48. The molecule has 5 nitrogen and oxygen atoms in total. The fraction of sp³-hybridized carbons (Fsp3) is 0.500. The molecule has 1 fully saturated rings. The highest BCUT2D eigenvalue weighted by Crippen LogP contribution is 2.49. The number of likely N-dealkylation sites (tertiary alicyclic amines) is 1. The van der Waals surface area contributed by atoms with E-state index in [0.29, 0.717) is 24.3 Å². The summed E-state index contributed by atoms with van der Waals surface area (Å²) in [4.78, 5) is 13.8. The minimum absolute atomic E-state index is 0.0267. The number of para-hydroxylation sites is 1. The zero-order valence-corrected chi connectivity index (χ0v) is 12.2. The van der Waals surface area contributed by atoms with Crippen LogP contribution in [0.1, 0.15) is 38.3 Å². The van der Waals surface area contributed by atoms with Crippen molar-refractivity contribution in [2.75, 3.05) is 6.54 Å². The second-order valence-corrected chi connectivity index (χ2v) is 6.12. The molecular weight excluding hydrogens is 268 g/mol. The molecule has 1 N–H and O–H groups in total. The van der Waals surface area contributed by atoms with Crippen LogP contribution in [0.5, 0.6) is 5.75 Å². The van der Waals surface area contributed by atoms with Crippen LogP contribution < -0.4 is 4.74 Å². The van der Waals surface area contributed by atoms with Crippen molar-refractivity contribution in [1.29, 1.82) is 5.26 Å². The van der Waals surface area contributed by atoms with Crippen LogP contribution in [0, 0.1) is 11.3 Å². The Morgan fingerprint density at radius 1 is 1.43 bits per heavy atom. The summed E-state index contributed by atoms with van der Waals surface area (Å²) in [5.74, 6) is 0.591. The Morgan fingerprint density at radius 3 is 2.76 bits per heavy atom. The van der Waals surface area contributed by atoms with Gasteiger partial charge in [-0.15, -0.1) is 0 Å². The van der Waals surface area contributed by atoms with Crippen LogP contribution in [0.25, 0.3) is 0 Å². The smallest absolute Gasteiger partial charge is 0.223 e. The number of amides is 1. The summed E-state index contributed by atoms with van der Waals surface area (Å²) in [5.41, 5.74) is -2.21. The van der Waals surface area contributed by atoms with Gasteiger partial charge in [0.1, 0.15) is 23.5 Å². The molecule has 1 saturated heterocycles. The molecule has 2 aliphatic heterocycles. The Kier molecular flexibility index (Phi) is 2.96. The predicted octanol–water partition coefficient (Wildman–Crippen LogP) is 1.78. The molecule has 1 aromatic carbocycles. The second kappa shape index (κ2) is 4.47. The molecule has 0 aromatic heterocycles. The van der Waals surface area contributed by atoms with E-state index in [2.05, 4.69) is 0 Å². The molecule has 0 spiro atoms. The maximum Gasteiger partial charge on any atom is 0.223 e. The van der Waals surface area contributed by atoms with Crippen LogP contribution in [-0.4, -0.2) is 33.7 Å². The predicted molar refractivity (Wildman–Crippen MR) is 75.4 cm³/mol. The molecule has 0 bridgehead atoms. The van der Waals surface area contributed by atoms with E-state index in [1.807, 2.05) is 30.3 Å². The number of nitrogens with zero attached hydrogens (tertiary/aromatic N) is 2. The van der Waals surface area contributed by atoms with Gasteiger partial charge in [-0.3, -0.25) is 4.79 Å². The number of carbonyl (C=O) groups excluding carboxylic acids is 1. The fourth-order valence-electron chi connectivity index (χ4n) is 3.24. The van der Waals surface area contributed by atoms with Gasteiger partial charge in [0.05, 0.1) is 0 Å². The highest BCUT2D eigenvalue weighted by Gasteiger charge is 2.59. The highest BCUT2D eigenvalue weighted by atomic mass is 16.5. The van der Waals surface area contributed by atoms with Gasteiger partial charge in [-0.1, -0.05) is 18.2 Å². The third kappa shape index (κ3) is 1.83. The largest absolute Gasteiger partial charge is 0.483 e. The minimum atomic E-state index is -1.79. The maximum atomic E-state index is 12.2. The molecule has 2 atom stereocenters. The van der Waals surface area contributed by atoms with E-state index < -0.39 is 17.2 Å². The molecule has 0 aliphatic carbocycles. The van der Waals surface area contributed by atoms with Crippen molar-refractivity contribution >= 4 is 5.91 Å². The third-order valence-corrected chi connectivity index (χ3v) is 4.48. The number of hydrogen-bond acceptors (Lipinski definition) is 4. The van der Waals surface area contributed by atoms with Gasteiger partial charge >= 0.3 is 0 Å². The van der Waals surface area contributed by atoms with Gasteiger partial charge in [-0.2, -0.15) is 5.26 Å². The Morgan fingerprint density at radius 2 is 2.14 bits per heavy atom. The summed E-state index contributed by atoms with van der Waals surface area (Å²) in [6.45, 7) is 3.91. The SMILES string of the molecule is CC1(C)Oc2ccccc2C(N2CCCC2=O)C1(O)C#N. The zero-order chi connectivity index (χ0) is 15.3. The number of hydrogen-bond donors (Lipinski definition) is 1. The van der Waals surface area contributed by atoms with E-state index in [4.69, 9.17) is 4.74 Å². The van der Waals surface area contributed by atoms with Crippen molar-refractivity contribution in [3.05, 3.63) is 29.8 Å². The number of nitriles is 1. The topological polar surface area (TPSA) is 73.6 Å². The normalized spacial score (nSPS) is 30.5. The molecule has 110 valence electrons. The standard InChI is InChI=1S/C16H18N2O3/c1-15(2)16(20,10-17)14(18-9-5-8-13(18)19)11-6-3-4-7-12(11)21-15/h3-4,6-7,14,20H,5,8-9H2,1-2H3. The summed E-state index contributed by atoms with van der Waals surface area (Å²) in [5, 5.41) is 20.6. The molecule has 5 heteroatoms. The Labute approximate surface area is 123 Å². The Bertz CT molecular complexity index is 635. The lowest BCUT2D eigenvalue weighted by Gasteiger charge is -2.49. The van der Waals surface area contributed by atoms with Crippen molar-refractivity contribution in [1.82, 2.24) is 4.90 Å². The number of ether oxygens (including phenoxy) is 1. The summed E-state index contributed by atoms with van der Waals surface area (Å²) >= 11 is 0. The van der Waals surface area contributed by atoms with Gasteiger partial charge in [0.15, 0.2) is 0 Å².